The first-order valence-electron chi connectivity index (χ1n) is 6.51. The Labute approximate surface area is 109 Å². The maximum absolute atomic E-state index is 12.0. The molecule has 0 aliphatic carbocycles. The van der Waals surface area contributed by atoms with Crippen molar-refractivity contribution >= 4 is 17.3 Å². The number of nitrogens with one attached hydrogen (secondary N) is 1. The van der Waals surface area contributed by atoms with Crippen molar-refractivity contribution < 1.29 is 4.79 Å². The summed E-state index contributed by atoms with van der Waals surface area (Å²) in [7, 11) is 0. The van der Waals surface area contributed by atoms with Crippen LogP contribution in [0.3, 0.4) is 0 Å². The Kier molecular flexibility index (Phi) is 3.09. The van der Waals surface area contributed by atoms with Crippen molar-refractivity contribution in [3.05, 3.63) is 23.8 Å². The molecule has 3 nitrogen and oxygen atoms in total. The summed E-state index contributed by atoms with van der Waals surface area (Å²) in [6, 6.07) is 6.35. The minimum atomic E-state index is -0.186. The van der Waals surface area contributed by atoms with Gasteiger partial charge in [-0.05, 0) is 37.5 Å². The zero-order valence-electron chi connectivity index (χ0n) is 11.9. The SMILES string of the molecule is CC(=O)N1c2cc(C(C)C)ccc2NCC1(C)C. The normalized spacial score (nSPS) is 17.3. The smallest absolute Gasteiger partial charge is 0.224 e. The van der Waals surface area contributed by atoms with E-state index in [-0.39, 0.29) is 11.4 Å². The molecular weight excluding hydrogens is 224 g/mol. The van der Waals surface area contributed by atoms with E-state index in [0.717, 1.165) is 17.9 Å². The summed E-state index contributed by atoms with van der Waals surface area (Å²) in [5.41, 5.74) is 3.13. The second kappa shape index (κ2) is 4.30. The molecule has 1 aromatic rings. The number of benzene rings is 1. The number of carbonyl (C=O) groups is 1. The van der Waals surface area contributed by atoms with Crippen LogP contribution in [0.25, 0.3) is 0 Å². The number of anilines is 2. The molecule has 0 bridgehead atoms. The fourth-order valence-corrected chi connectivity index (χ4v) is 2.55. The molecule has 0 saturated carbocycles. The highest BCUT2D eigenvalue weighted by molar-refractivity contribution is 5.98. The number of hydrogen-bond donors (Lipinski definition) is 1. The van der Waals surface area contributed by atoms with Gasteiger partial charge in [-0.1, -0.05) is 19.9 Å². The van der Waals surface area contributed by atoms with Gasteiger partial charge in [-0.3, -0.25) is 4.79 Å². The molecule has 1 amide bonds. The molecule has 1 aliphatic heterocycles. The first-order valence-corrected chi connectivity index (χ1v) is 6.51. The molecule has 0 fully saturated rings. The molecule has 1 heterocycles. The van der Waals surface area contributed by atoms with Gasteiger partial charge in [0.2, 0.25) is 5.91 Å². The third kappa shape index (κ3) is 2.09. The Hall–Kier alpha value is -1.51. The summed E-state index contributed by atoms with van der Waals surface area (Å²) in [6.45, 7) is 10.9. The molecule has 98 valence electrons. The Morgan fingerprint density at radius 2 is 2.06 bits per heavy atom. The Bertz CT molecular complexity index is 477. The van der Waals surface area contributed by atoms with Crippen molar-refractivity contribution in [1.29, 1.82) is 0 Å². The van der Waals surface area contributed by atoms with Gasteiger partial charge in [0.25, 0.3) is 0 Å². The quantitative estimate of drug-likeness (QED) is 0.824. The van der Waals surface area contributed by atoms with Crippen LogP contribution in [0, 0.1) is 0 Å². The van der Waals surface area contributed by atoms with Crippen LogP contribution in [0.2, 0.25) is 0 Å². The van der Waals surface area contributed by atoms with Crippen molar-refractivity contribution in [3.63, 3.8) is 0 Å². The third-order valence-corrected chi connectivity index (χ3v) is 3.56. The van der Waals surface area contributed by atoms with Crippen LogP contribution < -0.4 is 10.2 Å². The van der Waals surface area contributed by atoms with Crippen molar-refractivity contribution in [2.24, 2.45) is 0 Å². The molecule has 18 heavy (non-hydrogen) atoms. The van der Waals surface area contributed by atoms with Crippen molar-refractivity contribution in [2.45, 2.75) is 46.1 Å². The maximum atomic E-state index is 12.0. The Balaban J connectivity index is 2.55. The minimum absolute atomic E-state index is 0.101. The van der Waals surface area contributed by atoms with Crippen molar-refractivity contribution in [2.75, 3.05) is 16.8 Å². The molecule has 0 radical (unpaired) electrons. The standard InChI is InChI=1S/C15H22N2O/c1-10(2)12-6-7-13-14(8-12)17(11(3)18)15(4,5)9-16-13/h6-8,10,16H,9H2,1-5H3. The van der Waals surface area contributed by atoms with E-state index in [4.69, 9.17) is 0 Å². The number of amides is 1. The van der Waals surface area contributed by atoms with Gasteiger partial charge < -0.3 is 10.2 Å². The summed E-state index contributed by atoms with van der Waals surface area (Å²) in [5.74, 6) is 0.567. The monoisotopic (exact) mass is 246 g/mol. The third-order valence-electron chi connectivity index (χ3n) is 3.56. The highest BCUT2D eigenvalue weighted by atomic mass is 16.2. The molecule has 1 N–H and O–H groups in total. The largest absolute Gasteiger partial charge is 0.381 e. The topological polar surface area (TPSA) is 32.3 Å². The van der Waals surface area contributed by atoms with Gasteiger partial charge in [0.05, 0.1) is 16.9 Å². The predicted molar refractivity (Wildman–Crippen MR) is 76.3 cm³/mol. The number of hydrogen-bond acceptors (Lipinski definition) is 2. The molecule has 1 aliphatic rings. The summed E-state index contributed by atoms with van der Waals surface area (Å²) in [5, 5.41) is 3.41. The van der Waals surface area contributed by atoms with E-state index in [1.54, 1.807) is 6.92 Å². The Morgan fingerprint density at radius 3 is 2.61 bits per heavy atom. The second-order valence-corrected chi connectivity index (χ2v) is 5.95. The van der Waals surface area contributed by atoms with Crippen molar-refractivity contribution in [3.8, 4) is 0 Å². The van der Waals surface area contributed by atoms with E-state index in [9.17, 15) is 4.79 Å². The second-order valence-electron chi connectivity index (χ2n) is 5.95. The first kappa shape index (κ1) is 12.9. The summed E-state index contributed by atoms with van der Waals surface area (Å²) < 4.78 is 0. The molecule has 3 heteroatoms. The highest BCUT2D eigenvalue weighted by Gasteiger charge is 2.35. The lowest BCUT2D eigenvalue weighted by Crippen LogP contribution is -2.54. The highest BCUT2D eigenvalue weighted by Crippen LogP contribution is 2.38. The maximum Gasteiger partial charge on any atom is 0.224 e. The van der Waals surface area contributed by atoms with Gasteiger partial charge in [-0.15, -0.1) is 0 Å². The average molecular weight is 246 g/mol. The van der Waals surface area contributed by atoms with E-state index < -0.39 is 0 Å². The Morgan fingerprint density at radius 1 is 1.39 bits per heavy atom. The number of nitrogens with zero attached hydrogens (tertiary/aromatic N) is 1. The lowest BCUT2D eigenvalue weighted by Gasteiger charge is -2.43. The van der Waals surface area contributed by atoms with Gasteiger partial charge >= 0.3 is 0 Å². The van der Waals surface area contributed by atoms with Crippen LogP contribution in [0.1, 0.15) is 46.1 Å². The van der Waals surface area contributed by atoms with Gasteiger partial charge in [-0.2, -0.15) is 0 Å². The molecule has 0 saturated heterocycles. The summed E-state index contributed by atoms with van der Waals surface area (Å²) >= 11 is 0. The molecule has 0 aromatic heterocycles. The van der Waals surface area contributed by atoms with Gasteiger partial charge in [0, 0.05) is 13.5 Å². The van der Waals surface area contributed by atoms with Gasteiger partial charge in [-0.25, -0.2) is 0 Å². The minimum Gasteiger partial charge on any atom is -0.381 e. The molecule has 0 spiro atoms. The van der Waals surface area contributed by atoms with E-state index in [0.29, 0.717) is 5.92 Å². The molecule has 2 rings (SSSR count). The zero-order valence-corrected chi connectivity index (χ0v) is 11.9. The van der Waals surface area contributed by atoms with Crippen LogP contribution >= 0.6 is 0 Å². The zero-order chi connectivity index (χ0) is 13.5. The number of fused-ring (bicyclic) bond motifs is 1. The average Bonchev–Trinajstić information content (AvgIpc) is 2.26. The molecule has 0 atom stereocenters. The lowest BCUT2D eigenvalue weighted by atomic mass is 9.94. The van der Waals surface area contributed by atoms with Crippen LogP contribution in [0.15, 0.2) is 18.2 Å². The fraction of sp³-hybridized carbons (Fsp3) is 0.533. The van der Waals surface area contributed by atoms with Crippen LogP contribution in [0.4, 0.5) is 11.4 Å². The number of rotatable bonds is 1. The molecule has 1 aromatic carbocycles. The van der Waals surface area contributed by atoms with Crippen molar-refractivity contribution in [1.82, 2.24) is 0 Å². The molecular formula is C15H22N2O. The van der Waals surface area contributed by atoms with E-state index in [1.807, 2.05) is 4.90 Å². The fourth-order valence-electron chi connectivity index (χ4n) is 2.55. The van der Waals surface area contributed by atoms with Crippen LogP contribution in [0.5, 0.6) is 0 Å². The van der Waals surface area contributed by atoms with Gasteiger partial charge in [0.15, 0.2) is 0 Å². The summed E-state index contributed by atoms with van der Waals surface area (Å²) in [6.07, 6.45) is 0. The van der Waals surface area contributed by atoms with Gasteiger partial charge in [0.1, 0.15) is 0 Å². The lowest BCUT2D eigenvalue weighted by molar-refractivity contribution is -0.117. The van der Waals surface area contributed by atoms with Crippen LogP contribution in [-0.4, -0.2) is 18.0 Å². The van der Waals surface area contributed by atoms with Crippen LogP contribution in [-0.2, 0) is 4.79 Å². The van der Waals surface area contributed by atoms with E-state index in [1.165, 1.54) is 5.56 Å². The predicted octanol–water partition coefficient (Wildman–Crippen LogP) is 3.37. The summed E-state index contributed by atoms with van der Waals surface area (Å²) in [4.78, 5) is 13.9. The first-order chi connectivity index (χ1) is 8.33. The number of carbonyl (C=O) groups excluding carboxylic acids is 1. The van der Waals surface area contributed by atoms with E-state index >= 15 is 0 Å². The van der Waals surface area contributed by atoms with E-state index in [2.05, 4.69) is 51.2 Å². The molecule has 0 unspecified atom stereocenters.